The molecule has 8 N–H and O–H groups in total. The minimum atomic E-state index is -5.10. The lowest BCUT2D eigenvalue weighted by atomic mass is 10.1. The summed E-state index contributed by atoms with van der Waals surface area (Å²) in [4.78, 5) is 68.8. The van der Waals surface area contributed by atoms with E-state index in [2.05, 4.69) is 15.0 Å². The van der Waals surface area contributed by atoms with E-state index in [1.165, 1.54) is 0 Å². The summed E-state index contributed by atoms with van der Waals surface area (Å²) in [5, 5.41) is 21.9. The molecule has 43 heavy (non-hydrogen) atoms. The fourth-order valence-corrected chi connectivity index (χ4v) is 6.82. The predicted molar refractivity (Wildman–Crippen MR) is 135 cm³/mol. The molecule has 22 nitrogen and oxygen atoms in total. The molecule has 0 spiro atoms. The van der Waals surface area contributed by atoms with Crippen molar-refractivity contribution in [1.29, 1.82) is 0 Å². The summed E-state index contributed by atoms with van der Waals surface area (Å²) in [6.45, 7) is -1.79. The number of nitrogens with zero attached hydrogens (tertiary/aromatic N) is 4. The molecule has 3 aliphatic heterocycles. The molecule has 10 atom stereocenters. The van der Waals surface area contributed by atoms with Gasteiger partial charge >= 0.3 is 21.3 Å². The van der Waals surface area contributed by atoms with E-state index in [1.54, 1.807) is 0 Å². The lowest BCUT2D eigenvalue weighted by Crippen LogP contribution is -2.40. The zero-order valence-corrected chi connectivity index (χ0v) is 23.1. The van der Waals surface area contributed by atoms with Gasteiger partial charge in [0.25, 0.3) is 11.1 Å². The van der Waals surface area contributed by atoms with Crippen LogP contribution in [-0.4, -0.2) is 98.9 Å². The molecule has 234 valence electrons. The molecule has 6 rings (SSSR count). The summed E-state index contributed by atoms with van der Waals surface area (Å²) in [6.07, 6.45) is -11.3. The van der Waals surface area contributed by atoms with Crippen molar-refractivity contribution in [2.75, 3.05) is 18.9 Å². The minimum absolute atomic E-state index is 0.127. The third-order valence-corrected chi connectivity index (χ3v) is 8.75. The fourth-order valence-electron chi connectivity index (χ4n) is 4.89. The van der Waals surface area contributed by atoms with E-state index in [4.69, 9.17) is 33.3 Å². The highest BCUT2D eigenvalue weighted by Crippen LogP contribution is 2.53. The second-order valence-corrected chi connectivity index (χ2v) is 12.4. The molecule has 3 fully saturated rings. The van der Waals surface area contributed by atoms with E-state index in [0.29, 0.717) is 0 Å². The zero-order chi connectivity index (χ0) is 30.8. The van der Waals surface area contributed by atoms with Crippen LogP contribution in [0, 0.1) is 0 Å². The molecule has 0 aliphatic carbocycles. The van der Waals surface area contributed by atoms with Crippen molar-refractivity contribution in [2.45, 2.75) is 49.1 Å². The van der Waals surface area contributed by atoms with Crippen molar-refractivity contribution >= 4 is 32.8 Å². The summed E-state index contributed by atoms with van der Waals surface area (Å²) in [5.41, 5.74) is 2.85. The first kappa shape index (κ1) is 29.9. The molecule has 0 radical (unpaired) electrons. The number of imidazole rings is 1. The maximum atomic E-state index is 12.9. The number of fused-ring (bicyclic) bond motifs is 3. The number of ether oxygens (including phenoxy) is 2. The number of hydrogen-bond donors (Lipinski definition) is 7. The normalized spacial score (nSPS) is 38.7. The maximum absolute atomic E-state index is 12.9. The second kappa shape index (κ2) is 10.8. The molecular weight excluding hydrogens is 628 g/mol. The SMILES string of the molecule is Nc1nc2c(ncn2[C@@H]2O[C@@H]3COP(=O)(O)O[C@@H]4C(O)[C@H](n5ccc(=O)[nH]c5=O)O[C@@H]4COP(=O)(O)OC3[C@@H]2O)c(=O)[nH]1. The van der Waals surface area contributed by atoms with Gasteiger partial charge in [0, 0.05) is 12.3 Å². The molecule has 3 aliphatic rings. The van der Waals surface area contributed by atoms with Gasteiger partial charge in [0.1, 0.15) is 36.6 Å². The number of nitrogen functional groups attached to an aromatic ring is 1. The summed E-state index contributed by atoms with van der Waals surface area (Å²) in [6, 6.07) is 0.947. The molecule has 6 heterocycles. The van der Waals surface area contributed by atoms with Gasteiger partial charge in [0.05, 0.1) is 19.5 Å². The van der Waals surface area contributed by atoms with Gasteiger partial charge in [-0.3, -0.25) is 46.8 Å². The highest BCUT2D eigenvalue weighted by Gasteiger charge is 2.53. The Kier molecular flexibility index (Phi) is 7.52. The predicted octanol–water partition coefficient (Wildman–Crippen LogP) is -3.21. The lowest BCUT2D eigenvalue weighted by Gasteiger charge is -2.27. The van der Waals surface area contributed by atoms with Crippen molar-refractivity contribution in [3.63, 3.8) is 0 Å². The number of aliphatic hydroxyl groups is 2. The fraction of sp³-hybridized carbons (Fsp3) is 0.526. The van der Waals surface area contributed by atoms with Crippen LogP contribution < -0.4 is 22.5 Å². The number of aliphatic hydroxyl groups excluding tert-OH is 2. The number of H-pyrrole nitrogens is 2. The standard InChI is InChI=1S/C19H23N7O15P2/c20-18-23-14-9(15(30)24-18)21-5-26(14)17-11(29)13-7(39-17)4-37-42(32,33)40-12-6(3-36-43(34,35)41-13)38-16(10(12)28)25-2-1-8(27)22-19(25)31/h1-2,5-7,10-13,16-17,28-29H,3-4H2,(H,32,33)(H,34,35)(H,22,27,31)(H3,20,23,24,30)/t6-,7-,10?,11+,12+,13?,16-,17-/m1/s1. The first-order valence-electron chi connectivity index (χ1n) is 12.3. The Morgan fingerprint density at radius 1 is 0.907 bits per heavy atom. The molecule has 3 aromatic heterocycles. The second-order valence-electron chi connectivity index (χ2n) is 9.57. The smallest absolute Gasteiger partial charge is 0.386 e. The van der Waals surface area contributed by atoms with E-state index in [-0.39, 0.29) is 17.1 Å². The van der Waals surface area contributed by atoms with Crippen LogP contribution in [0.2, 0.25) is 0 Å². The van der Waals surface area contributed by atoms with E-state index in [1.807, 2.05) is 4.98 Å². The van der Waals surface area contributed by atoms with Crippen molar-refractivity contribution in [3.8, 4) is 0 Å². The molecule has 3 saturated heterocycles. The molecule has 0 amide bonds. The van der Waals surface area contributed by atoms with Gasteiger partial charge in [-0.25, -0.2) is 18.9 Å². The van der Waals surface area contributed by atoms with E-state index in [0.717, 1.165) is 27.7 Å². The Hall–Kier alpha value is -3.11. The molecule has 0 saturated carbocycles. The lowest BCUT2D eigenvalue weighted by molar-refractivity contribution is -0.0675. The summed E-state index contributed by atoms with van der Waals surface area (Å²) in [5.74, 6) is -0.285. The minimum Gasteiger partial charge on any atom is -0.386 e. The first-order chi connectivity index (χ1) is 20.2. The highest BCUT2D eigenvalue weighted by atomic mass is 31.2. The number of phosphoric ester groups is 2. The van der Waals surface area contributed by atoms with Crippen LogP contribution in [0.1, 0.15) is 12.5 Å². The Labute approximate surface area is 236 Å². The van der Waals surface area contributed by atoms with Crippen LogP contribution in [0.25, 0.3) is 11.2 Å². The number of hydrogen-bond acceptors (Lipinski definition) is 16. The zero-order valence-electron chi connectivity index (χ0n) is 21.3. The Bertz CT molecular complexity index is 1820. The van der Waals surface area contributed by atoms with Crippen molar-refractivity contribution in [3.05, 3.63) is 49.8 Å². The van der Waals surface area contributed by atoms with E-state index >= 15 is 0 Å². The number of rotatable bonds is 2. The number of aromatic nitrogens is 6. The van der Waals surface area contributed by atoms with E-state index < -0.39 is 94.7 Å². The van der Waals surface area contributed by atoms with Crippen molar-refractivity contribution in [1.82, 2.24) is 29.1 Å². The monoisotopic (exact) mass is 651 g/mol. The van der Waals surface area contributed by atoms with Gasteiger partial charge in [-0.15, -0.1) is 0 Å². The number of aromatic amines is 2. The van der Waals surface area contributed by atoms with Crippen LogP contribution in [0.15, 0.2) is 33.0 Å². The van der Waals surface area contributed by atoms with Crippen LogP contribution in [0.5, 0.6) is 0 Å². The first-order valence-corrected chi connectivity index (χ1v) is 15.2. The van der Waals surface area contributed by atoms with Crippen LogP contribution in [0.3, 0.4) is 0 Å². The van der Waals surface area contributed by atoms with E-state index in [9.17, 15) is 43.5 Å². The number of anilines is 1. The molecular formula is C19H23N7O15P2. The van der Waals surface area contributed by atoms with Crippen LogP contribution in [-0.2, 0) is 36.7 Å². The van der Waals surface area contributed by atoms with Crippen molar-refractivity contribution in [2.24, 2.45) is 0 Å². The molecule has 4 unspecified atom stereocenters. The summed E-state index contributed by atoms with van der Waals surface area (Å²) in [7, 11) is -10.2. The third-order valence-electron chi connectivity index (χ3n) is 6.78. The van der Waals surface area contributed by atoms with Crippen LogP contribution in [0.4, 0.5) is 5.95 Å². The molecule has 3 aromatic rings. The van der Waals surface area contributed by atoms with Gasteiger partial charge in [0.15, 0.2) is 23.6 Å². The summed E-state index contributed by atoms with van der Waals surface area (Å²) >= 11 is 0. The van der Waals surface area contributed by atoms with Gasteiger partial charge in [-0.05, 0) is 0 Å². The average Bonchev–Trinajstić information content (AvgIpc) is 3.56. The maximum Gasteiger partial charge on any atom is 0.472 e. The largest absolute Gasteiger partial charge is 0.472 e. The highest BCUT2D eigenvalue weighted by molar-refractivity contribution is 7.47. The van der Waals surface area contributed by atoms with Gasteiger partial charge in [0.2, 0.25) is 5.95 Å². The number of nitrogens with one attached hydrogen (secondary N) is 2. The number of phosphoric acid groups is 2. The van der Waals surface area contributed by atoms with Gasteiger partial charge in [-0.1, -0.05) is 0 Å². The van der Waals surface area contributed by atoms with Gasteiger partial charge in [-0.2, -0.15) is 4.98 Å². The number of nitrogens with two attached hydrogens (primary N) is 1. The topological polar surface area (TPSA) is 315 Å². The van der Waals surface area contributed by atoms with Gasteiger partial charge < -0.3 is 35.2 Å². The Morgan fingerprint density at radius 3 is 2.02 bits per heavy atom. The third kappa shape index (κ3) is 5.64. The molecule has 24 heteroatoms. The Morgan fingerprint density at radius 2 is 1.47 bits per heavy atom. The van der Waals surface area contributed by atoms with Crippen molar-refractivity contribution < 1.29 is 56.7 Å². The van der Waals surface area contributed by atoms with Crippen LogP contribution >= 0.6 is 15.6 Å². The molecule has 0 bridgehead atoms. The quantitative estimate of drug-likeness (QED) is 0.134. The average molecular weight is 651 g/mol. The molecule has 0 aromatic carbocycles. The Balaban J connectivity index is 1.29. The summed E-state index contributed by atoms with van der Waals surface area (Å²) < 4.78 is 59.3.